The second-order valence-electron chi connectivity index (χ2n) is 10.9. The maximum atomic E-state index is 13.5. The maximum absolute atomic E-state index is 13.5. The first-order valence-electron chi connectivity index (χ1n) is 14.4. The van der Waals surface area contributed by atoms with E-state index in [-0.39, 0.29) is 43.8 Å². The number of hydrogen-bond acceptors (Lipinski definition) is 7. The molecule has 0 aliphatic carbocycles. The van der Waals surface area contributed by atoms with Crippen LogP contribution >= 0.6 is 0 Å². The van der Waals surface area contributed by atoms with Crippen molar-refractivity contribution in [3.05, 3.63) is 83.7 Å². The number of aromatic amines is 1. The van der Waals surface area contributed by atoms with Crippen LogP contribution in [0.25, 0.3) is 11.4 Å². The molecule has 5 heterocycles. The van der Waals surface area contributed by atoms with Crippen molar-refractivity contribution < 1.29 is 28.6 Å². The van der Waals surface area contributed by atoms with Crippen LogP contribution in [-0.4, -0.2) is 76.3 Å². The van der Waals surface area contributed by atoms with Crippen LogP contribution in [0.1, 0.15) is 28.0 Å². The smallest absolute Gasteiger partial charge is 0.272 e. The van der Waals surface area contributed by atoms with Gasteiger partial charge >= 0.3 is 0 Å². The Morgan fingerprint density at radius 1 is 1.00 bits per heavy atom. The summed E-state index contributed by atoms with van der Waals surface area (Å²) < 4.78 is 19.4. The van der Waals surface area contributed by atoms with Crippen molar-refractivity contribution in [3.63, 3.8) is 0 Å². The molecular weight excluding hydrogens is 564 g/mol. The summed E-state index contributed by atoms with van der Waals surface area (Å²) in [6, 6.07) is 17.9. The van der Waals surface area contributed by atoms with E-state index in [1.54, 1.807) is 23.1 Å². The van der Waals surface area contributed by atoms with Crippen LogP contribution in [0.15, 0.2) is 66.9 Å². The van der Waals surface area contributed by atoms with Gasteiger partial charge in [-0.25, -0.2) is 0 Å². The molecule has 44 heavy (non-hydrogen) atoms. The lowest BCUT2D eigenvalue weighted by molar-refractivity contribution is -0.123. The van der Waals surface area contributed by atoms with E-state index in [2.05, 4.69) is 20.8 Å². The van der Waals surface area contributed by atoms with Gasteiger partial charge in [0, 0.05) is 32.8 Å². The van der Waals surface area contributed by atoms with Crippen LogP contribution < -0.4 is 24.8 Å². The number of benzene rings is 2. The molecule has 3 aliphatic heterocycles. The molecule has 1 fully saturated rings. The zero-order valence-electron chi connectivity index (χ0n) is 24.5. The van der Waals surface area contributed by atoms with Gasteiger partial charge in [0.1, 0.15) is 23.2 Å². The Balaban J connectivity index is 1.22. The van der Waals surface area contributed by atoms with Crippen molar-refractivity contribution in [1.29, 1.82) is 0 Å². The van der Waals surface area contributed by atoms with E-state index >= 15 is 0 Å². The number of aryl methyl sites for hydroxylation is 2. The predicted molar refractivity (Wildman–Crippen MR) is 160 cm³/mol. The van der Waals surface area contributed by atoms with Crippen molar-refractivity contribution in [3.8, 4) is 28.6 Å². The second kappa shape index (κ2) is 12.5. The molecule has 2 aromatic heterocycles. The van der Waals surface area contributed by atoms with Gasteiger partial charge in [0.2, 0.25) is 5.91 Å². The van der Waals surface area contributed by atoms with Crippen molar-refractivity contribution in [2.75, 3.05) is 26.8 Å². The molecule has 228 valence electrons. The summed E-state index contributed by atoms with van der Waals surface area (Å²) in [6.45, 7) is 0.697. The molecule has 2 aromatic carbocycles. The predicted octanol–water partition coefficient (Wildman–Crippen LogP) is 2.45. The van der Waals surface area contributed by atoms with Crippen molar-refractivity contribution in [2.24, 2.45) is 7.05 Å². The molecule has 0 unspecified atom stereocenters. The van der Waals surface area contributed by atoms with Gasteiger partial charge in [-0.05, 0) is 60.0 Å². The molecule has 0 radical (unpaired) electrons. The average molecular weight is 599 g/mol. The fourth-order valence-electron chi connectivity index (χ4n) is 5.44. The highest BCUT2D eigenvalue weighted by Gasteiger charge is 2.38. The summed E-state index contributed by atoms with van der Waals surface area (Å²) in [5.41, 5.74) is 3.65. The Morgan fingerprint density at radius 2 is 1.82 bits per heavy atom. The molecule has 12 nitrogen and oxygen atoms in total. The van der Waals surface area contributed by atoms with Gasteiger partial charge in [0.15, 0.2) is 18.1 Å². The van der Waals surface area contributed by atoms with Gasteiger partial charge in [-0.2, -0.15) is 5.10 Å². The summed E-state index contributed by atoms with van der Waals surface area (Å²) in [4.78, 5) is 40.8. The van der Waals surface area contributed by atoms with Gasteiger partial charge in [-0.15, -0.1) is 0 Å². The molecule has 4 bridgehead atoms. The zero-order valence-corrected chi connectivity index (χ0v) is 24.5. The Hall–Kier alpha value is -5.26. The summed E-state index contributed by atoms with van der Waals surface area (Å²) >= 11 is 0. The molecule has 3 N–H and O–H groups in total. The Labute approximate surface area is 254 Å². The zero-order chi connectivity index (χ0) is 30.6. The number of carbonyl (C=O) groups is 3. The Morgan fingerprint density at radius 3 is 2.59 bits per heavy atom. The fourth-order valence-corrected chi connectivity index (χ4v) is 5.44. The van der Waals surface area contributed by atoms with E-state index in [4.69, 9.17) is 14.2 Å². The van der Waals surface area contributed by atoms with Crippen LogP contribution in [0.5, 0.6) is 17.2 Å². The van der Waals surface area contributed by atoms with Crippen LogP contribution in [0.4, 0.5) is 0 Å². The van der Waals surface area contributed by atoms with Gasteiger partial charge in [0.05, 0.1) is 25.4 Å². The summed E-state index contributed by atoms with van der Waals surface area (Å²) in [5.74, 6) is 0.842. The van der Waals surface area contributed by atoms with E-state index < -0.39 is 12.1 Å². The molecule has 3 aliphatic rings. The van der Waals surface area contributed by atoms with Crippen LogP contribution in [0.2, 0.25) is 0 Å². The highest BCUT2D eigenvalue weighted by molar-refractivity contribution is 5.93. The quantitative estimate of drug-likeness (QED) is 0.329. The molecule has 1 saturated heterocycles. The normalized spacial score (nSPS) is 19.0. The first kappa shape index (κ1) is 28.8. The first-order valence-corrected chi connectivity index (χ1v) is 14.4. The van der Waals surface area contributed by atoms with E-state index in [0.717, 1.165) is 16.8 Å². The monoisotopic (exact) mass is 598 g/mol. The molecule has 2 atom stereocenters. The molecule has 12 heteroatoms. The number of amides is 3. The molecule has 4 aromatic rings. The van der Waals surface area contributed by atoms with Gasteiger partial charge in [-0.1, -0.05) is 18.2 Å². The van der Waals surface area contributed by atoms with Gasteiger partial charge in [0.25, 0.3) is 11.8 Å². The lowest BCUT2D eigenvalue weighted by atomic mass is 10.1. The number of nitrogens with zero attached hydrogens (tertiary/aromatic N) is 3. The number of carbonyl (C=O) groups excluding carboxylic acids is 3. The summed E-state index contributed by atoms with van der Waals surface area (Å²) in [5, 5.41) is 13.2. The van der Waals surface area contributed by atoms with Gasteiger partial charge in [-0.3, -0.25) is 19.5 Å². The third-order valence-electron chi connectivity index (χ3n) is 7.84. The number of hydrogen-bond donors (Lipinski definition) is 3. The number of nitrogens with one attached hydrogen (secondary N) is 3. The number of aromatic nitrogens is 3. The minimum Gasteiger partial charge on any atom is -0.493 e. The SMILES string of the molecule is COc1ccc2cc1OCC(=O)NCc1ccc(cc1)O[C@H]1CN(C(=O)c3cc(-c4cccn4C)n[nH]3)C[C@@H]1NC(=O)CC2. The third-order valence-corrected chi connectivity index (χ3v) is 7.84. The van der Waals surface area contributed by atoms with Crippen molar-refractivity contribution >= 4 is 17.7 Å². The lowest BCUT2D eigenvalue weighted by Crippen LogP contribution is -2.45. The molecule has 3 amide bonds. The molecular formula is C32H34N6O6. The van der Waals surface area contributed by atoms with Crippen LogP contribution in [0.3, 0.4) is 0 Å². The molecule has 0 spiro atoms. The molecule has 7 rings (SSSR count). The van der Waals surface area contributed by atoms with E-state index in [1.165, 1.54) is 7.11 Å². The number of ether oxygens (including phenoxy) is 3. The third kappa shape index (κ3) is 6.38. The van der Waals surface area contributed by atoms with E-state index in [0.29, 0.717) is 41.6 Å². The van der Waals surface area contributed by atoms with E-state index in [9.17, 15) is 14.4 Å². The fraction of sp³-hybridized carbons (Fsp3) is 0.312. The van der Waals surface area contributed by atoms with Crippen molar-refractivity contribution in [1.82, 2.24) is 30.3 Å². The summed E-state index contributed by atoms with van der Waals surface area (Å²) in [7, 11) is 3.45. The lowest BCUT2D eigenvalue weighted by Gasteiger charge is -2.21. The van der Waals surface area contributed by atoms with Crippen LogP contribution in [-0.2, 0) is 29.6 Å². The van der Waals surface area contributed by atoms with E-state index in [1.807, 2.05) is 60.3 Å². The molecule has 0 saturated carbocycles. The maximum Gasteiger partial charge on any atom is 0.272 e. The number of fused-ring (bicyclic) bond motifs is 9. The summed E-state index contributed by atoms with van der Waals surface area (Å²) in [6.07, 6.45) is 2.08. The standard InChI is InChI=1S/C32H34N6O6/c1-37-13-3-4-26(37)23-15-24(36-35-23)32(41)38-17-25-29(18-38)44-22-9-5-21(6-10-22)16-33-31(40)19-43-28-14-20(7-11-27(28)42-2)8-12-30(39)34-25/h3-7,9-11,13-15,25,29H,8,12,16-19H2,1-2H3,(H,33,40)(H,34,39)(H,35,36)/t25-,29-/m0/s1. The van der Waals surface area contributed by atoms with Gasteiger partial charge < -0.3 is 34.3 Å². The Bertz CT molecular complexity index is 1660. The topological polar surface area (TPSA) is 140 Å². The van der Waals surface area contributed by atoms with Crippen molar-refractivity contribution in [2.45, 2.75) is 31.5 Å². The largest absolute Gasteiger partial charge is 0.493 e. The number of likely N-dealkylation sites (tertiary alicyclic amines) is 1. The Kier molecular flexibility index (Phi) is 8.22. The number of rotatable bonds is 3. The average Bonchev–Trinajstić information content (AvgIpc) is 3.78. The number of methoxy groups -OCH3 is 1. The highest BCUT2D eigenvalue weighted by atomic mass is 16.5. The highest BCUT2D eigenvalue weighted by Crippen LogP contribution is 2.29. The first-order chi connectivity index (χ1) is 21.4. The second-order valence-corrected chi connectivity index (χ2v) is 10.9. The number of H-pyrrole nitrogens is 1. The minimum atomic E-state index is -0.480. The minimum absolute atomic E-state index is 0.170. The van der Waals surface area contributed by atoms with Crippen LogP contribution in [0, 0.1) is 0 Å².